The number of carbonyl (C=O) groups is 3. The number of para-hydroxylation sites is 1. The number of benzene rings is 1. The number of nitrogens with two attached hydrogens (primary N) is 1. The van der Waals surface area contributed by atoms with Gasteiger partial charge in [0.15, 0.2) is 0 Å². The molecule has 1 aromatic heterocycles. The summed E-state index contributed by atoms with van der Waals surface area (Å²) in [4.78, 5) is 40.4. The minimum Gasteiger partial charge on any atom is -0.480 e. The van der Waals surface area contributed by atoms with Gasteiger partial charge in [0, 0.05) is 17.1 Å². The maximum Gasteiger partial charge on any atom is 0.326 e. The Balaban J connectivity index is 2.10. The van der Waals surface area contributed by atoms with E-state index in [0.29, 0.717) is 19.3 Å². The summed E-state index contributed by atoms with van der Waals surface area (Å²) in [6.45, 7) is 7.39. The van der Waals surface area contributed by atoms with Crippen LogP contribution >= 0.6 is 0 Å². The number of amides is 2. The first-order valence-electron chi connectivity index (χ1n) is 10.8. The first-order chi connectivity index (χ1) is 14.7. The quantitative estimate of drug-likeness (QED) is 0.372. The molecule has 0 bridgehead atoms. The molecule has 0 fully saturated rings. The van der Waals surface area contributed by atoms with Gasteiger partial charge < -0.3 is 26.5 Å². The van der Waals surface area contributed by atoms with Crippen LogP contribution in [0.3, 0.4) is 0 Å². The Kier molecular flexibility index (Phi) is 8.62. The number of rotatable bonds is 11. The van der Waals surface area contributed by atoms with Crippen molar-refractivity contribution in [2.45, 2.75) is 65.1 Å². The monoisotopic (exact) mass is 430 g/mol. The summed E-state index contributed by atoms with van der Waals surface area (Å²) >= 11 is 0. The van der Waals surface area contributed by atoms with E-state index in [-0.39, 0.29) is 11.8 Å². The van der Waals surface area contributed by atoms with Crippen molar-refractivity contribution < 1.29 is 19.5 Å². The fraction of sp³-hybridized carbons (Fsp3) is 0.522. The molecule has 8 heteroatoms. The van der Waals surface area contributed by atoms with Crippen molar-refractivity contribution in [2.24, 2.45) is 17.6 Å². The second-order valence-electron chi connectivity index (χ2n) is 8.25. The van der Waals surface area contributed by atoms with Crippen LogP contribution in [0.4, 0.5) is 0 Å². The Morgan fingerprint density at radius 3 is 2.19 bits per heavy atom. The predicted molar refractivity (Wildman–Crippen MR) is 120 cm³/mol. The Morgan fingerprint density at radius 1 is 1.00 bits per heavy atom. The van der Waals surface area contributed by atoms with E-state index in [1.165, 1.54) is 0 Å². The Labute approximate surface area is 183 Å². The van der Waals surface area contributed by atoms with Crippen molar-refractivity contribution in [1.82, 2.24) is 15.6 Å². The van der Waals surface area contributed by atoms with Gasteiger partial charge in [-0.2, -0.15) is 0 Å². The molecule has 170 valence electrons. The molecule has 1 heterocycles. The van der Waals surface area contributed by atoms with Crippen LogP contribution < -0.4 is 16.4 Å². The third-order valence-electron chi connectivity index (χ3n) is 6.02. The maximum atomic E-state index is 12.9. The average Bonchev–Trinajstić information content (AvgIpc) is 3.16. The van der Waals surface area contributed by atoms with Crippen molar-refractivity contribution in [3.63, 3.8) is 0 Å². The highest BCUT2D eigenvalue weighted by Gasteiger charge is 2.32. The normalized spacial score (nSPS) is 16.2. The Morgan fingerprint density at radius 2 is 1.58 bits per heavy atom. The molecular weight excluding hydrogens is 396 g/mol. The zero-order valence-electron chi connectivity index (χ0n) is 18.6. The minimum atomic E-state index is -1.09. The van der Waals surface area contributed by atoms with E-state index < -0.39 is 35.9 Å². The van der Waals surface area contributed by atoms with E-state index >= 15 is 0 Å². The fourth-order valence-electron chi connectivity index (χ4n) is 3.52. The van der Waals surface area contributed by atoms with Gasteiger partial charge in [-0.25, -0.2) is 4.79 Å². The van der Waals surface area contributed by atoms with Crippen LogP contribution in [0.1, 0.15) is 46.1 Å². The Bertz CT molecular complexity index is 910. The molecular formula is C23H34N4O4. The van der Waals surface area contributed by atoms with Crippen molar-refractivity contribution in [3.8, 4) is 0 Å². The average molecular weight is 431 g/mol. The molecule has 1 aromatic carbocycles. The number of fused-ring (bicyclic) bond motifs is 1. The molecule has 0 unspecified atom stereocenters. The minimum absolute atomic E-state index is 0.185. The maximum absolute atomic E-state index is 12.9. The van der Waals surface area contributed by atoms with Crippen molar-refractivity contribution in [2.75, 3.05) is 0 Å². The molecule has 2 rings (SSSR count). The lowest BCUT2D eigenvalue weighted by Gasteiger charge is -2.28. The summed E-state index contributed by atoms with van der Waals surface area (Å²) in [6, 6.07) is 5.03. The molecule has 31 heavy (non-hydrogen) atoms. The first-order valence-corrected chi connectivity index (χ1v) is 10.8. The molecule has 0 aliphatic heterocycles. The summed E-state index contributed by atoms with van der Waals surface area (Å²) in [5.41, 5.74) is 8.04. The lowest BCUT2D eigenvalue weighted by molar-refractivity contribution is -0.144. The third-order valence-corrected chi connectivity index (χ3v) is 6.02. The molecule has 0 radical (unpaired) electrons. The van der Waals surface area contributed by atoms with Gasteiger partial charge in [-0.05, 0) is 29.9 Å². The van der Waals surface area contributed by atoms with Crippen LogP contribution in [0.5, 0.6) is 0 Å². The van der Waals surface area contributed by atoms with Crippen LogP contribution in [0.25, 0.3) is 10.9 Å². The standard InChI is InChI=1S/C23H34N4O4/c1-5-13(3)19(22(29)27-20(23(30)31)14(4)6-2)26-21(28)17(24)11-15-12-25-18-10-8-7-9-16(15)18/h7-10,12-14,17,19-20,25H,5-6,11,24H2,1-4H3,(H,26,28)(H,27,29)(H,30,31)/t13-,14-,17-,19-,20-/m0/s1. The van der Waals surface area contributed by atoms with Gasteiger partial charge in [0.1, 0.15) is 12.1 Å². The number of hydrogen-bond donors (Lipinski definition) is 5. The van der Waals surface area contributed by atoms with Gasteiger partial charge in [0.25, 0.3) is 0 Å². The zero-order chi connectivity index (χ0) is 23.1. The van der Waals surface area contributed by atoms with Gasteiger partial charge in [-0.15, -0.1) is 0 Å². The molecule has 8 nitrogen and oxygen atoms in total. The van der Waals surface area contributed by atoms with Crippen LogP contribution in [-0.2, 0) is 20.8 Å². The largest absolute Gasteiger partial charge is 0.480 e. The summed E-state index contributed by atoms with van der Waals surface area (Å²) in [5, 5.41) is 15.8. The van der Waals surface area contributed by atoms with Crippen molar-refractivity contribution in [1.29, 1.82) is 0 Å². The third kappa shape index (κ3) is 6.07. The fourth-order valence-corrected chi connectivity index (χ4v) is 3.52. The summed E-state index contributed by atoms with van der Waals surface area (Å²) in [6.07, 6.45) is 3.39. The van der Waals surface area contributed by atoms with E-state index in [2.05, 4.69) is 15.6 Å². The number of aromatic amines is 1. The highest BCUT2D eigenvalue weighted by atomic mass is 16.4. The van der Waals surface area contributed by atoms with E-state index in [1.54, 1.807) is 6.92 Å². The lowest BCUT2D eigenvalue weighted by atomic mass is 9.95. The number of carboxylic acids is 1. The SMILES string of the molecule is CC[C@H](C)[C@H](NC(=O)[C@@H](NC(=O)[C@@H](N)Cc1c[nH]c2ccccc12)[C@@H](C)CC)C(=O)O. The number of aromatic nitrogens is 1. The topological polar surface area (TPSA) is 137 Å². The molecule has 0 aliphatic rings. The van der Waals surface area contributed by atoms with Crippen molar-refractivity contribution in [3.05, 3.63) is 36.0 Å². The van der Waals surface area contributed by atoms with Gasteiger partial charge in [0.05, 0.1) is 6.04 Å². The summed E-state index contributed by atoms with van der Waals surface area (Å²) < 4.78 is 0. The molecule has 0 saturated heterocycles. The summed E-state index contributed by atoms with van der Waals surface area (Å²) in [5.74, 6) is -2.46. The second-order valence-corrected chi connectivity index (χ2v) is 8.25. The number of hydrogen-bond acceptors (Lipinski definition) is 4. The molecule has 0 aliphatic carbocycles. The second kappa shape index (κ2) is 10.9. The van der Waals surface area contributed by atoms with Gasteiger partial charge in [-0.1, -0.05) is 58.7 Å². The smallest absolute Gasteiger partial charge is 0.326 e. The van der Waals surface area contributed by atoms with Gasteiger partial charge >= 0.3 is 5.97 Å². The molecule has 2 amide bonds. The van der Waals surface area contributed by atoms with Gasteiger partial charge in [0.2, 0.25) is 11.8 Å². The molecule has 0 spiro atoms. The number of carboxylic acid groups (broad SMARTS) is 1. The van der Waals surface area contributed by atoms with Gasteiger partial charge in [-0.3, -0.25) is 9.59 Å². The van der Waals surface area contributed by atoms with Crippen LogP contribution in [-0.4, -0.2) is 46.0 Å². The van der Waals surface area contributed by atoms with E-state index in [9.17, 15) is 19.5 Å². The molecule has 5 atom stereocenters. The zero-order valence-corrected chi connectivity index (χ0v) is 18.6. The predicted octanol–water partition coefficient (Wildman–Crippen LogP) is 2.18. The number of aliphatic carboxylic acids is 1. The van der Waals surface area contributed by atoms with Crippen molar-refractivity contribution >= 4 is 28.7 Å². The highest BCUT2D eigenvalue weighted by molar-refractivity contribution is 5.92. The van der Waals surface area contributed by atoms with E-state index in [0.717, 1.165) is 16.5 Å². The number of nitrogens with one attached hydrogen (secondary N) is 3. The first kappa shape index (κ1) is 24.4. The molecule has 2 aromatic rings. The Hall–Kier alpha value is -2.87. The molecule has 0 saturated carbocycles. The summed E-state index contributed by atoms with van der Waals surface area (Å²) in [7, 11) is 0. The molecule has 6 N–H and O–H groups in total. The van der Waals surface area contributed by atoms with E-state index in [1.807, 2.05) is 51.2 Å². The van der Waals surface area contributed by atoms with Crippen LogP contribution in [0.2, 0.25) is 0 Å². The van der Waals surface area contributed by atoms with Crippen LogP contribution in [0.15, 0.2) is 30.5 Å². The van der Waals surface area contributed by atoms with E-state index in [4.69, 9.17) is 5.73 Å². The van der Waals surface area contributed by atoms with Crippen LogP contribution in [0, 0.1) is 11.8 Å². The number of carbonyl (C=O) groups excluding carboxylic acids is 2. The lowest BCUT2D eigenvalue weighted by Crippen LogP contribution is -2.57. The number of H-pyrrole nitrogens is 1. The highest BCUT2D eigenvalue weighted by Crippen LogP contribution is 2.19.